The molecule has 6 heteroatoms. The number of hydrogen-bond donors (Lipinski definition) is 0. The Bertz CT molecular complexity index is 762. The minimum absolute atomic E-state index is 0.0908. The van der Waals surface area contributed by atoms with Gasteiger partial charge in [0, 0.05) is 17.5 Å². The maximum Gasteiger partial charge on any atom is 0.354 e. The smallest absolute Gasteiger partial charge is 0.354 e. The van der Waals surface area contributed by atoms with Gasteiger partial charge >= 0.3 is 5.97 Å². The fourth-order valence-electron chi connectivity index (χ4n) is 3.59. The van der Waals surface area contributed by atoms with Gasteiger partial charge in [0.1, 0.15) is 12.2 Å². The third-order valence-corrected chi connectivity index (χ3v) is 5.81. The van der Waals surface area contributed by atoms with E-state index in [1.807, 2.05) is 28.5 Å². The Labute approximate surface area is 146 Å². The Kier molecular flexibility index (Phi) is 4.94. The number of carbonyl (C=O) groups is 2. The lowest BCUT2D eigenvalue weighted by atomic mass is 10.00. The number of aryl methyl sites for hydroxylation is 1. The van der Waals surface area contributed by atoms with Crippen molar-refractivity contribution in [1.29, 1.82) is 0 Å². The highest BCUT2D eigenvalue weighted by molar-refractivity contribution is 7.19. The zero-order chi connectivity index (χ0) is 17.3. The molecule has 0 N–H and O–H groups in total. The molecular formula is C18H24N2O3S. The zero-order valence-corrected chi connectivity index (χ0v) is 15.3. The summed E-state index contributed by atoms with van der Waals surface area (Å²) in [6.07, 6.45) is 4.30. The molecule has 0 aliphatic carbocycles. The average Bonchev–Trinajstić information content (AvgIpc) is 3.11. The van der Waals surface area contributed by atoms with Crippen LogP contribution < -0.4 is 0 Å². The fraction of sp³-hybridized carbons (Fsp3) is 0.556. The summed E-state index contributed by atoms with van der Waals surface area (Å²) in [4.78, 5) is 28.2. The number of likely N-dealkylation sites (tertiary alicyclic amines) is 1. The van der Waals surface area contributed by atoms with E-state index in [4.69, 9.17) is 4.74 Å². The van der Waals surface area contributed by atoms with Crippen molar-refractivity contribution in [2.75, 3.05) is 13.7 Å². The van der Waals surface area contributed by atoms with Gasteiger partial charge in [0.05, 0.1) is 17.3 Å². The summed E-state index contributed by atoms with van der Waals surface area (Å²) < 4.78 is 7.73. The molecule has 130 valence electrons. The second kappa shape index (κ2) is 6.97. The van der Waals surface area contributed by atoms with Crippen molar-refractivity contribution in [1.82, 2.24) is 9.47 Å². The van der Waals surface area contributed by atoms with Gasteiger partial charge in [-0.2, -0.15) is 0 Å². The Balaban J connectivity index is 1.92. The monoisotopic (exact) mass is 348 g/mol. The number of rotatable bonds is 4. The van der Waals surface area contributed by atoms with E-state index in [9.17, 15) is 9.59 Å². The van der Waals surface area contributed by atoms with Crippen LogP contribution in [-0.2, 0) is 16.1 Å². The van der Waals surface area contributed by atoms with Gasteiger partial charge in [0.15, 0.2) is 0 Å². The molecule has 1 aliphatic rings. The van der Waals surface area contributed by atoms with Crippen LogP contribution in [0.5, 0.6) is 0 Å². The first-order chi connectivity index (χ1) is 11.5. The number of carbonyl (C=O) groups excluding carboxylic acids is 2. The second-order valence-corrected chi connectivity index (χ2v) is 7.65. The van der Waals surface area contributed by atoms with Gasteiger partial charge in [-0.05, 0) is 44.7 Å². The maximum absolute atomic E-state index is 12.9. The van der Waals surface area contributed by atoms with Crippen molar-refractivity contribution < 1.29 is 14.3 Å². The highest BCUT2D eigenvalue weighted by Crippen LogP contribution is 2.29. The standard InChI is InChI=1S/C18H24N2O3S/c1-4-13-7-5-6-8-19(13)17(21)11-20-14-9-12(2)24-16(14)10-15(20)18(22)23-3/h9-10,13H,4-8,11H2,1-3H3. The lowest BCUT2D eigenvalue weighted by Gasteiger charge is -2.35. The molecule has 0 bridgehead atoms. The number of nitrogens with zero attached hydrogens (tertiary/aromatic N) is 2. The first kappa shape index (κ1) is 17.0. The number of fused-ring (bicyclic) bond motifs is 1. The molecule has 2 aromatic rings. The third-order valence-electron chi connectivity index (χ3n) is 4.82. The number of hydrogen-bond acceptors (Lipinski definition) is 4. The zero-order valence-electron chi connectivity index (χ0n) is 14.5. The second-order valence-electron chi connectivity index (χ2n) is 6.36. The van der Waals surface area contributed by atoms with E-state index >= 15 is 0 Å². The minimum Gasteiger partial charge on any atom is -0.464 e. The van der Waals surface area contributed by atoms with E-state index in [0.29, 0.717) is 11.7 Å². The highest BCUT2D eigenvalue weighted by Gasteiger charge is 2.27. The van der Waals surface area contributed by atoms with E-state index in [1.165, 1.54) is 18.4 Å². The Hall–Kier alpha value is -1.82. The van der Waals surface area contributed by atoms with E-state index in [2.05, 4.69) is 6.92 Å². The van der Waals surface area contributed by atoms with E-state index in [-0.39, 0.29) is 12.5 Å². The SMILES string of the molecule is CCC1CCCCN1C(=O)Cn1c(C(=O)OC)cc2sc(C)cc21. The first-order valence-electron chi connectivity index (χ1n) is 8.52. The predicted octanol–water partition coefficient (Wildman–Crippen LogP) is 3.59. The summed E-state index contributed by atoms with van der Waals surface area (Å²) in [5.41, 5.74) is 1.40. The molecule has 1 saturated heterocycles. The maximum atomic E-state index is 12.9. The molecule has 1 fully saturated rings. The topological polar surface area (TPSA) is 51.5 Å². The molecule has 0 aromatic carbocycles. The van der Waals surface area contributed by atoms with Crippen LogP contribution in [0.25, 0.3) is 10.2 Å². The van der Waals surface area contributed by atoms with Gasteiger partial charge in [-0.3, -0.25) is 4.79 Å². The molecule has 5 nitrogen and oxygen atoms in total. The molecule has 1 aliphatic heterocycles. The number of piperidine rings is 1. The van der Waals surface area contributed by atoms with E-state index < -0.39 is 5.97 Å². The highest BCUT2D eigenvalue weighted by atomic mass is 32.1. The summed E-state index contributed by atoms with van der Waals surface area (Å²) in [6, 6.07) is 4.19. The van der Waals surface area contributed by atoms with Gasteiger partial charge in [-0.15, -0.1) is 11.3 Å². The fourth-order valence-corrected chi connectivity index (χ4v) is 4.55. The molecule has 24 heavy (non-hydrogen) atoms. The van der Waals surface area contributed by atoms with Crippen LogP contribution in [0.1, 0.15) is 48.0 Å². The lowest BCUT2D eigenvalue weighted by Crippen LogP contribution is -2.45. The van der Waals surface area contributed by atoms with Gasteiger partial charge < -0.3 is 14.2 Å². The summed E-state index contributed by atoms with van der Waals surface area (Å²) in [6.45, 7) is 5.18. The van der Waals surface area contributed by atoms with Crippen LogP contribution in [0.3, 0.4) is 0 Å². The average molecular weight is 348 g/mol. The van der Waals surface area contributed by atoms with Crippen LogP contribution in [-0.4, -0.2) is 41.0 Å². The van der Waals surface area contributed by atoms with Crippen molar-refractivity contribution in [2.24, 2.45) is 0 Å². The molecule has 1 atom stereocenters. The quantitative estimate of drug-likeness (QED) is 0.794. The molecule has 3 rings (SSSR count). The number of esters is 1. The molecule has 3 heterocycles. The molecule has 0 spiro atoms. The molecule has 0 saturated carbocycles. The van der Waals surface area contributed by atoms with Gasteiger partial charge in [-0.1, -0.05) is 6.92 Å². The summed E-state index contributed by atoms with van der Waals surface area (Å²) in [5.74, 6) is -0.303. The summed E-state index contributed by atoms with van der Waals surface area (Å²) >= 11 is 1.63. The van der Waals surface area contributed by atoms with Crippen molar-refractivity contribution >= 4 is 33.4 Å². The largest absolute Gasteiger partial charge is 0.464 e. The van der Waals surface area contributed by atoms with E-state index in [1.54, 1.807) is 11.3 Å². The molecule has 2 aromatic heterocycles. The number of ether oxygens (including phenoxy) is 1. The normalized spacial score (nSPS) is 18.1. The number of thiophene rings is 1. The van der Waals surface area contributed by atoms with Crippen LogP contribution >= 0.6 is 11.3 Å². The first-order valence-corrected chi connectivity index (χ1v) is 9.34. The Morgan fingerprint density at radius 3 is 2.83 bits per heavy atom. The van der Waals surface area contributed by atoms with Crippen LogP contribution in [0, 0.1) is 6.92 Å². The van der Waals surface area contributed by atoms with Crippen molar-refractivity contribution in [3.05, 3.63) is 22.7 Å². The predicted molar refractivity (Wildman–Crippen MR) is 95.5 cm³/mol. The third kappa shape index (κ3) is 3.07. The van der Waals surface area contributed by atoms with Crippen molar-refractivity contribution in [3.8, 4) is 0 Å². The molecule has 1 unspecified atom stereocenters. The lowest BCUT2D eigenvalue weighted by molar-refractivity contribution is -0.135. The van der Waals surface area contributed by atoms with Crippen molar-refractivity contribution in [3.63, 3.8) is 0 Å². The van der Waals surface area contributed by atoms with Crippen LogP contribution in [0.2, 0.25) is 0 Å². The van der Waals surface area contributed by atoms with Gasteiger partial charge in [0.2, 0.25) is 5.91 Å². The molecular weight excluding hydrogens is 324 g/mol. The number of methoxy groups -OCH3 is 1. The van der Waals surface area contributed by atoms with Gasteiger partial charge in [0.25, 0.3) is 0 Å². The Morgan fingerprint density at radius 2 is 2.12 bits per heavy atom. The van der Waals surface area contributed by atoms with Gasteiger partial charge in [-0.25, -0.2) is 4.79 Å². The summed E-state index contributed by atoms with van der Waals surface area (Å²) in [5, 5.41) is 0. The number of amides is 1. The van der Waals surface area contributed by atoms with E-state index in [0.717, 1.165) is 36.0 Å². The minimum atomic E-state index is -0.394. The van der Waals surface area contributed by atoms with Crippen molar-refractivity contribution in [2.45, 2.75) is 52.1 Å². The molecule has 1 amide bonds. The van der Waals surface area contributed by atoms with Crippen LogP contribution in [0.4, 0.5) is 0 Å². The summed E-state index contributed by atoms with van der Waals surface area (Å²) in [7, 11) is 1.37. The number of aromatic nitrogens is 1. The Morgan fingerprint density at radius 1 is 1.33 bits per heavy atom. The van der Waals surface area contributed by atoms with Crippen LogP contribution in [0.15, 0.2) is 12.1 Å². The molecule has 0 radical (unpaired) electrons.